The van der Waals surface area contributed by atoms with Crippen LogP contribution in [0, 0.1) is 5.82 Å². The molecule has 10 nitrogen and oxygen atoms in total. The molecule has 3 aromatic rings. The third-order valence-corrected chi connectivity index (χ3v) is 5.29. The zero-order chi connectivity index (χ0) is 27.2. The number of benzene rings is 3. The first-order chi connectivity index (χ1) is 18.3. The van der Waals surface area contributed by atoms with Crippen LogP contribution in [0.25, 0.3) is 6.08 Å². The highest BCUT2D eigenvalue weighted by atomic mass is 19.1. The minimum absolute atomic E-state index is 0.0170. The van der Waals surface area contributed by atoms with E-state index in [4.69, 9.17) is 9.47 Å². The summed E-state index contributed by atoms with van der Waals surface area (Å²) >= 11 is 0. The SMILES string of the molecule is CCOc1cc(/C=C2/C(=O)NC(=O)N(c3ccc(O)cc3)C2=O)ccc1OCC(=O)Nc1ccccc1F. The molecule has 0 aromatic heterocycles. The maximum Gasteiger partial charge on any atom is 0.335 e. The molecule has 38 heavy (non-hydrogen) atoms. The van der Waals surface area contributed by atoms with E-state index in [1.54, 1.807) is 13.0 Å². The van der Waals surface area contributed by atoms with Crippen LogP contribution in [0.2, 0.25) is 0 Å². The van der Waals surface area contributed by atoms with Crippen molar-refractivity contribution in [2.75, 3.05) is 23.4 Å². The van der Waals surface area contributed by atoms with Crippen LogP contribution >= 0.6 is 0 Å². The van der Waals surface area contributed by atoms with Gasteiger partial charge in [0.15, 0.2) is 18.1 Å². The number of imide groups is 2. The molecule has 1 saturated heterocycles. The first-order valence-electron chi connectivity index (χ1n) is 11.4. The molecular formula is C27H22FN3O7. The molecule has 4 rings (SSSR count). The summed E-state index contributed by atoms with van der Waals surface area (Å²) < 4.78 is 24.9. The van der Waals surface area contributed by atoms with Gasteiger partial charge in [-0.2, -0.15) is 0 Å². The Bertz CT molecular complexity index is 1440. The number of amides is 5. The predicted octanol–water partition coefficient (Wildman–Crippen LogP) is 3.61. The van der Waals surface area contributed by atoms with Crippen molar-refractivity contribution in [2.24, 2.45) is 0 Å². The number of aromatic hydroxyl groups is 1. The van der Waals surface area contributed by atoms with E-state index >= 15 is 0 Å². The number of ether oxygens (including phenoxy) is 2. The number of barbiturate groups is 1. The van der Waals surface area contributed by atoms with Gasteiger partial charge in [-0.3, -0.25) is 19.7 Å². The van der Waals surface area contributed by atoms with Gasteiger partial charge in [0.25, 0.3) is 17.7 Å². The summed E-state index contributed by atoms with van der Waals surface area (Å²) in [7, 11) is 0. The molecule has 0 unspecified atom stereocenters. The van der Waals surface area contributed by atoms with Crippen molar-refractivity contribution in [3.63, 3.8) is 0 Å². The average Bonchev–Trinajstić information content (AvgIpc) is 2.88. The Morgan fingerprint density at radius 3 is 2.47 bits per heavy atom. The monoisotopic (exact) mass is 519 g/mol. The van der Waals surface area contributed by atoms with Gasteiger partial charge in [0.2, 0.25) is 0 Å². The van der Waals surface area contributed by atoms with Crippen LogP contribution in [0.4, 0.5) is 20.6 Å². The van der Waals surface area contributed by atoms with Crippen molar-refractivity contribution < 1.29 is 38.1 Å². The average molecular weight is 519 g/mol. The second-order valence-corrected chi connectivity index (χ2v) is 7.93. The molecule has 0 aliphatic carbocycles. The Kier molecular flexibility index (Phi) is 7.66. The molecule has 1 aliphatic rings. The number of carbonyl (C=O) groups excluding carboxylic acids is 4. The lowest BCUT2D eigenvalue weighted by Crippen LogP contribution is -2.54. The van der Waals surface area contributed by atoms with Gasteiger partial charge >= 0.3 is 6.03 Å². The van der Waals surface area contributed by atoms with Crippen LogP contribution in [0.5, 0.6) is 17.2 Å². The third-order valence-electron chi connectivity index (χ3n) is 5.29. The number of anilines is 2. The smallest absolute Gasteiger partial charge is 0.335 e. The molecule has 0 saturated carbocycles. The minimum atomic E-state index is -0.921. The topological polar surface area (TPSA) is 134 Å². The molecule has 0 radical (unpaired) electrons. The van der Waals surface area contributed by atoms with Crippen LogP contribution in [-0.4, -0.2) is 42.1 Å². The summed E-state index contributed by atoms with van der Waals surface area (Å²) in [4.78, 5) is 50.9. The zero-order valence-corrected chi connectivity index (χ0v) is 20.1. The van der Waals surface area contributed by atoms with Crippen molar-refractivity contribution in [3.05, 3.63) is 83.7 Å². The van der Waals surface area contributed by atoms with Crippen molar-refractivity contribution in [1.29, 1.82) is 0 Å². The Balaban J connectivity index is 1.53. The maximum absolute atomic E-state index is 13.8. The summed E-state index contributed by atoms with van der Waals surface area (Å²) in [6.07, 6.45) is 1.29. The predicted molar refractivity (Wildman–Crippen MR) is 135 cm³/mol. The summed E-state index contributed by atoms with van der Waals surface area (Å²) in [5.41, 5.74) is 0.257. The minimum Gasteiger partial charge on any atom is -0.508 e. The molecule has 1 fully saturated rings. The molecule has 194 valence electrons. The molecule has 3 N–H and O–H groups in total. The van der Waals surface area contributed by atoms with E-state index in [1.807, 2.05) is 0 Å². The van der Waals surface area contributed by atoms with Crippen molar-refractivity contribution in [3.8, 4) is 17.2 Å². The number of carbonyl (C=O) groups is 4. The number of urea groups is 1. The van der Waals surface area contributed by atoms with Gasteiger partial charge < -0.3 is 19.9 Å². The van der Waals surface area contributed by atoms with E-state index in [2.05, 4.69) is 10.6 Å². The Morgan fingerprint density at radius 1 is 1.03 bits per heavy atom. The number of nitrogens with zero attached hydrogens (tertiary/aromatic N) is 1. The quantitative estimate of drug-likeness (QED) is 0.306. The number of halogens is 1. The lowest BCUT2D eigenvalue weighted by molar-refractivity contribution is -0.122. The van der Waals surface area contributed by atoms with Crippen molar-refractivity contribution in [2.45, 2.75) is 6.92 Å². The molecule has 0 atom stereocenters. The van der Waals surface area contributed by atoms with Crippen LogP contribution in [0.3, 0.4) is 0 Å². The number of hydrogen-bond donors (Lipinski definition) is 3. The molecule has 0 spiro atoms. The highest BCUT2D eigenvalue weighted by Gasteiger charge is 2.36. The van der Waals surface area contributed by atoms with Gasteiger partial charge in [0, 0.05) is 0 Å². The molecular weight excluding hydrogens is 497 g/mol. The van der Waals surface area contributed by atoms with Gasteiger partial charge in [-0.15, -0.1) is 0 Å². The number of hydrogen-bond acceptors (Lipinski definition) is 7. The normalized spacial score (nSPS) is 14.3. The molecule has 3 aromatic carbocycles. The lowest BCUT2D eigenvalue weighted by Gasteiger charge is -2.26. The first-order valence-corrected chi connectivity index (χ1v) is 11.4. The van der Waals surface area contributed by atoms with Crippen molar-refractivity contribution in [1.82, 2.24) is 5.32 Å². The van der Waals surface area contributed by atoms with E-state index in [0.29, 0.717) is 5.56 Å². The number of para-hydroxylation sites is 1. The van der Waals surface area contributed by atoms with E-state index in [1.165, 1.54) is 66.7 Å². The standard InChI is InChI=1S/C27H22FN3O7/c1-2-37-23-14-16(7-12-22(23)38-15-24(33)29-21-6-4-3-5-20(21)28)13-19-25(34)30-27(36)31(26(19)35)17-8-10-18(32)11-9-17/h3-14,32H,2,15H2,1H3,(H,29,33)(H,30,34,36)/b19-13-. The van der Waals surface area contributed by atoms with Crippen LogP contribution in [-0.2, 0) is 14.4 Å². The van der Waals surface area contributed by atoms with Crippen molar-refractivity contribution >= 4 is 41.2 Å². The summed E-state index contributed by atoms with van der Waals surface area (Å²) in [6.45, 7) is 1.55. The molecule has 0 bridgehead atoms. The second-order valence-electron chi connectivity index (χ2n) is 7.93. The third kappa shape index (κ3) is 5.78. The number of phenols is 1. The molecule has 11 heteroatoms. The zero-order valence-electron chi connectivity index (χ0n) is 20.1. The Labute approximate surface area is 216 Å². The second kappa shape index (κ2) is 11.2. The highest BCUT2D eigenvalue weighted by molar-refractivity contribution is 6.39. The number of phenolic OH excluding ortho intramolecular Hbond substituents is 1. The fourth-order valence-corrected chi connectivity index (χ4v) is 3.55. The van der Waals surface area contributed by atoms with Gasteiger partial charge in [-0.1, -0.05) is 18.2 Å². The summed E-state index contributed by atoms with van der Waals surface area (Å²) in [6, 6.07) is 14.6. The summed E-state index contributed by atoms with van der Waals surface area (Å²) in [5, 5.41) is 14.0. The van der Waals surface area contributed by atoms with Gasteiger partial charge in [0.05, 0.1) is 18.0 Å². The van der Waals surface area contributed by atoms with Gasteiger partial charge in [-0.25, -0.2) is 14.1 Å². The van der Waals surface area contributed by atoms with Crippen LogP contribution in [0.1, 0.15) is 12.5 Å². The largest absolute Gasteiger partial charge is 0.508 e. The van der Waals surface area contributed by atoms with Crippen LogP contribution in [0.15, 0.2) is 72.3 Å². The van der Waals surface area contributed by atoms with Crippen LogP contribution < -0.4 is 25.0 Å². The fourth-order valence-electron chi connectivity index (χ4n) is 3.55. The number of rotatable bonds is 8. The Hall–Kier alpha value is -5.19. The highest BCUT2D eigenvalue weighted by Crippen LogP contribution is 2.30. The van der Waals surface area contributed by atoms with E-state index in [-0.39, 0.29) is 40.8 Å². The number of nitrogens with one attached hydrogen (secondary N) is 2. The van der Waals surface area contributed by atoms with E-state index in [0.717, 1.165) is 4.90 Å². The molecule has 1 heterocycles. The Morgan fingerprint density at radius 2 is 1.76 bits per heavy atom. The van der Waals surface area contributed by atoms with Gasteiger partial charge in [0.1, 0.15) is 17.1 Å². The fraction of sp³-hybridized carbons (Fsp3) is 0.111. The molecule has 1 aliphatic heterocycles. The maximum atomic E-state index is 13.8. The lowest BCUT2D eigenvalue weighted by atomic mass is 10.1. The first kappa shape index (κ1) is 25.9. The van der Waals surface area contributed by atoms with E-state index < -0.39 is 36.2 Å². The summed E-state index contributed by atoms with van der Waals surface area (Å²) in [5.74, 6) is -2.52. The molecule has 5 amide bonds. The van der Waals surface area contributed by atoms with E-state index in [9.17, 15) is 28.7 Å². The van der Waals surface area contributed by atoms with Gasteiger partial charge in [-0.05, 0) is 67.1 Å².